The lowest BCUT2D eigenvalue weighted by atomic mass is 9.88. The molecule has 190 valence electrons. The largest absolute Gasteiger partial charge is 0.455 e. The van der Waals surface area contributed by atoms with Crippen LogP contribution >= 0.6 is 0 Å². The number of hydrogen-bond acceptors (Lipinski definition) is 1. The van der Waals surface area contributed by atoms with Crippen LogP contribution < -0.4 is 0 Å². The number of rotatable bonds is 2. The fourth-order valence-corrected chi connectivity index (χ4v) is 5.18. The summed E-state index contributed by atoms with van der Waals surface area (Å²) in [5.74, 6) is 0. The minimum absolute atomic E-state index is 0.503. The first-order valence-electron chi connectivity index (χ1n) is 24.2. The van der Waals surface area contributed by atoms with Crippen LogP contribution in [0.15, 0.2) is 149 Å². The topological polar surface area (TPSA) is 13.1 Å². The summed E-state index contributed by atoms with van der Waals surface area (Å²) < 4.78 is 220. The van der Waals surface area contributed by atoms with Crippen molar-refractivity contribution in [2.45, 2.75) is 0 Å². The van der Waals surface area contributed by atoms with Gasteiger partial charge in [-0.05, 0) is 78.1 Å². The van der Waals surface area contributed by atoms with Crippen molar-refractivity contribution in [3.63, 3.8) is 0 Å². The molecule has 0 bridgehead atoms. The van der Waals surface area contributed by atoms with E-state index in [0.717, 1.165) is 0 Å². The highest BCUT2D eigenvalue weighted by atomic mass is 16.3. The van der Waals surface area contributed by atoms with E-state index < -0.39 is 232 Å². The predicted molar refractivity (Wildman–Crippen MR) is 175 cm³/mol. The number of furan rings is 1. The van der Waals surface area contributed by atoms with Crippen LogP contribution in [-0.4, -0.2) is 0 Å². The molecule has 0 amide bonds. The summed E-state index contributed by atoms with van der Waals surface area (Å²) >= 11 is 0. The van der Waals surface area contributed by atoms with Gasteiger partial charge in [0.05, 0.1) is 32.9 Å². The van der Waals surface area contributed by atoms with Crippen LogP contribution in [0.5, 0.6) is 0 Å². The van der Waals surface area contributed by atoms with Gasteiger partial charge in [-0.25, -0.2) is 0 Å². The van der Waals surface area contributed by atoms with Crippen LogP contribution in [-0.2, 0) is 0 Å². The Bertz CT molecular complexity index is 3790. The monoisotopic (exact) mass is 544 g/mol. The molecule has 0 saturated carbocycles. The molecule has 1 nitrogen and oxygen atoms in total. The fourth-order valence-electron chi connectivity index (χ4n) is 5.18. The molecule has 0 aliphatic carbocycles. The molecule has 9 rings (SSSR count). The van der Waals surface area contributed by atoms with Crippen LogP contribution in [0, 0.1) is 0 Å². The Morgan fingerprint density at radius 3 is 2.00 bits per heavy atom. The second-order valence-corrected chi connectivity index (χ2v) is 9.01. The van der Waals surface area contributed by atoms with E-state index in [0.29, 0.717) is 0 Å². The van der Waals surface area contributed by atoms with Crippen molar-refractivity contribution in [2.75, 3.05) is 0 Å². The maximum absolute atomic E-state index is 9.48. The van der Waals surface area contributed by atoms with E-state index in [1.165, 1.54) is 0 Å². The van der Waals surface area contributed by atoms with Crippen LogP contribution in [0.25, 0.3) is 87.3 Å². The predicted octanol–water partition coefficient (Wildman–Crippen LogP) is 11.5. The minimum Gasteiger partial charge on any atom is -0.455 e. The molecular formula is C40H24O. The van der Waals surface area contributed by atoms with Crippen molar-refractivity contribution in [1.29, 1.82) is 0 Å². The second kappa shape index (κ2) is 8.55. The van der Waals surface area contributed by atoms with Crippen molar-refractivity contribution >= 4 is 65.0 Å². The SMILES string of the molecule is [2H]c1c([2H])c([2H])c(-c2c([2H])c([2H])c([2H])c3c([2H])c([2H])c4c(oc5c([2H])c([2H])c([2H])c(-c6c7c([2H])c([2H])c([2H])c([2H])c7c([2H])c7c6c([2H])c([2H])c6c([2H])c([2H])c([2H])c([2H])c67)c54)c23)c([2H])c1[2H]. The Kier molecular flexibility index (Phi) is 1.94. The van der Waals surface area contributed by atoms with Crippen molar-refractivity contribution in [2.24, 2.45) is 0 Å². The molecule has 0 fully saturated rings. The molecule has 0 saturated heterocycles. The van der Waals surface area contributed by atoms with E-state index in [1.54, 1.807) is 0 Å². The zero-order chi connectivity index (χ0) is 47.8. The highest BCUT2D eigenvalue weighted by molar-refractivity contribution is 6.27. The first-order chi connectivity index (χ1) is 30.3. The van der Waals surface area contributed by atoms with Crippen LogP contribution in [0.4, 0.5) is 0 Å². The lowest BCUT2D eigenvalue weighted by Gasteiger charge is -2.15. The zero-order valence-corrected chi connectivity index (χ0v) is 20.4. The first-order valence-corrected chi connectivity index (χ1v) is 12.2. The molecule has 0 atom stereocenters. The van der Waals surface area contributed by atoms with Crippen molar-refractivity contribution < 1.29 is 37.3 Å². The Labute approximate surface area is 270 Å². The summed E-state index contributed by atoms with van der Waals surface area (Å²) in [5.41, 5.74) is -3.74. The molecule has 8 aromatic carbocycles. The van der Waals surface area contributed by atoms with Crippen LogP contribution in [0.2, 0.25) is 0 Å². The highest BCUT2D eigenvalue weighted by Gasteiger charge is 2.20. The number of fused-ring (bicyclic) bond motifs is 9. The maximum Gasteiger partial charge on any atom is 0.143 e. The highest BCUT2D eigenvalue weighted by Crippen LogP contribution is 2.46. The smallest absolute Gasteiger partial charge is 0.143 e. The van der Waals surface area contributed by atoms with E-state index >= 15 is 0 Å². The molecule has 0 radical (unpaired) electrons. The van der Waals surface area contributed by atoms with E-state index in [1.807, 2.05) is 0 Å². The summed E-state index contributed by atoms with van der Waals surface area (Å²) in [7, 11) is 0. The fraction of sp³-hybridized carbons (Fsp3) is 0. The van der Waals surface area contributed by atoms with Gasteiger partial charge >= 0.3 is 0 Å². The second-order valence-electron chi connectivity index (χ2n) is 9.01. The molecule has 41 heavy (non-hydrogen) atoms. The average Bonchev–Trinajstić information content (AvgIpc) is 3.67. The van der Waals surface area contributed by atoms with Gasteiger partial charge in [0, 0.05) is 16.2 Å². The van der Waals surface area contributed by atoms with Crippen molar-refractivity contribution in [3.05, 3.63) is 145 Å². The third-order valence-electron chi connectivity index (χ3n) is 6.87. The Balaban J connectivity index is 1.68. The molecule has 1 aromatic heterocycles. The van der Waals surface area contributed by atoms with Gasteiger partial charge in [0.2, 0.25) is 0 Å². The lowest BCUT2D eigenvalue weighted by Crippen LogP contribution is -1.88. The zero-order valence-electron chi connectivity index (χ0n) is 44.4. The van der Waals surface area contributed by atoms with E-state index in [2.05, 4.69) is 0 Å². The summed E-state index contributed by atoms with van der Waals surface area (Å²) in [6.45, 7) is 0. The summed E-state index contributed by atoms with van der Waals surface area (Å²) in [5, 5.41) is -5.42. The molecule has 0 spiro atoms. The normalized spacial score (nSPS) is 20.1. The van der Waals surface area contributed by atoms with E-state index in [4.69, 9.17) is 29.1 Å². The van der Waals surface area contributed by atoms with E-state index in [9.17, 15) is 8.22 Å². The van der Waals surface area contributed by atoms with Gasteiger partial charge in [-0.15, -0.1) is 0 Å². The third kappa shape index (κ3) is 3.24. The van der Waals surface area contributed by atoms with Gasteiger partial charge in [-0.1, -0.05) is 127 Å². The average molecular weight is 545 g/mol. The molecule has 0 unspecified atom stereocenters. The van der Waals surface area contributed by atoms with Crippen molar-refractivity contribution in [3.8, 4) is 22.3 Å². The Morgan fingerprint density at radius 1 is 0.415 bits per heavy atom. The van der Waals surface area contributed by atoms with Crippen LogP contribution in [0.1, 0.15) is 32.9 Å². The summed E-state index contributed by atoms with van der Waals surface area (Å²) in [4.78, 5) is 0. The minimum atomic E-state index is -0.924. The quantitative estimate of drug-likeness (QED) is 0.156. The summed E-state index contributed by atoms with van der Waals surface area (Å²) in [6, 6.07) is -20.2. The standard InChI is InChI=1S/C40H24O/c1-2-10-25(11-3-1)30-17-8-14-27-21-23-34-39-33(18-9-19-36(39)41-40(34)37(27)30)38-31-16-7-5-13-28(31)24-35-29-15-6-4-12-26(29)20-22-32(35)38/h1-24H/i1D,2D,3D,4D,5D,6D,7D,8D,9D,10D,11D,12D,13D,14D,15D,16D,17D,18D,19D,20D,21D,22D,23D,24D. The lowest BCUT2D eigenvalue weighted by molar-refractivity contribution is 0.673. The molecule has 0 N–H and O–H groups in total. The third-order valence-corrected chi connectivity index (χ3v) is 6.87. The molecule has 0 aliphatic rings. The maximum atomic E-state index is 9.48. The molecule has 1 heteroatoms. The molecular weight excluding hydrogens is 496 g/mol. The molecule has 9 aromatic rings. The van der Waals surface area contributed by atoms with Gasteiger partial charge in [-0.3, -0.25) is 0 Å². The number of benzene rings is 8. The Morgan fingerprint density at radius 2 is 1.10 bits per heavy atom. The van der Waals surface area contributed by atoms with Gasteiger partial charge in [0.15, 0.2) is 0 Å². The van der Waals surface area contributed by atoms with Gasteiger partial charge in [0.25, 0.3) is 0 Å². The number of hydrogen-bond donors (Lipinski definition) is 0. The Hall–Kier alpha value is -5.40. The first kappa shape index (κ1) is 9.33. The van der Waals surface area contributed by atoms with Gasteiger partial charge in [0.1, 0.15) is 11.2 Å². The van der Waals surface area contributed by atoms with E-state index in [-0.39, 0.29) is 0 Å². The van der Waals surface area contributed by atoms with Gasteiger partial charge < -0.3 is 4.42 Å². The summed E-state index contributed by atoms with van der Waals surface area (Å²) in [6.07, 6.45) is 0. The molecule has 0 aliphatic heterocycles. The van der Waals surface area contributed by atoms with Gasteiger partial charge in [-0.2, -0.15) is 0 Å². The van der Waals surface area contributed by atoms with Crippen molar-refractivity contribution in [1.82, 2.24) is 0 Å². The van der Waals surface area contributed by atoms with Crippen LogP contribution in [0.3, 0.4) is 0 Å². The molecule has 1 heterocycles.